The highest BCUT2D eigenvalue weighted by Gasteiger charge is 2.33. The Bertz CT molecular complexity index is 444. The lowest BCUT2D eigenvalue weighted by molar-refractivity contribution is -0.138. The van der Waals surface area contributed by atoms with Crippen LogP contribution in [0, 0.1) is 0 Å². The summed E-state index contributed by atoms with van der Waals surface area (Å²) in [5.41, 5.74) is 1.44. The second-order valence-electron chi connectivity index (χ2n) is 3.34. The van der Waals surface area contributed by atoms with Crippen LogP contribution in [0.4, 0.5) is 5.69 Å². The summed E-state index contributed by atoms with van der Waals surface area (Å²) in [7, 11) is 0. The Balaban J connectivity index is 2.41. The van der Waals surface area contributed by atoms with Gasteiger partial charge in [0.25, 0.3) is 0 Å². The summed E-state index contributed by atoms with van der Waals surface area (Å²) in [5, 5.41) is 11.4. The molecule has 4 nitrogen and oxygen atoms in total. The van der Waals surface area contributed by atoms with Crippen molar-refractivity contribution in [1.82, 2.24) is 0 Å². The SMILES string of the molecule is O=C(O)C[C@H]1C(=O)Nc2c(Br)cccc21. The molecule has 1 heterocycles. The topological polar surface area (TPSA) is 66.4 Å². The van der Waals surface area contributed by atoms with Gasteiger partial charge in [0.05, 0.1) is 18.0 Å². The van der Waals surface area contributed by atoms with Crippen LogP contribution in [-0.4, -0.2) is 17.0 Å². The molecule has 0 spiro atoms. The van der Waals surface area contributed by atoms with Crippen molar-refractivity contribution in [3.8, 4) is 0 Å². The van der Waals surface area contributed by atoms with Crippen LogP contribution in [-0.2, 0) is 9.59 Å². The van der Waals surface area contributed by atoms with Gasteiger partial charge in [-0.2, -0.15) is 0 Å². The van der Waals surface area contributed by atoms with Crippen LogP contribution in [0.25, 0.3) is 0 Å². The fourth-order valence-electron chi connectivity index (χ4n) is 1.69. The second-order valence-corrected chi connectivity index (χ2v) is 4.20. The van der Waals surface area contributed by atoms with Crippen LogP contribution in [0.2, 0.25) is 0 Å². The minimum atomic E-state index is -0.969. The van der Waals surface area contributed by atoms with Gasteiger partial charge >= 0.3 is 5.97 Å². The summed E-state index contributed by atoms with van der Waals surface area (Å²) in [6.45, 7) is 0. The monoisotopic (exact) mass is 269 g/mol. The lowest BCUT2D eigenvalue weighted by atomic mass is 9.97. The number of para-hydroxylation sites is 1. The van der Waals surface area contributed by atoms with Gasteiger partial charge in [0.2, 0.25) is 5.91 Å². The summed E-state index contributed by atoms with van der Waals surface area (Å²) >= 11 is 3.31. The molecule has 0 radical (unpaired) electrons. The quantitative estimate of drug-likeness (QED) is 0.863. The predicted molar refractivity (Wildman–Crippen MR) is 57.8 cm³/mol. The van der Waals surface area contributed by atoms with Crippen LogP contribution >= 0.6 is 15.9 Å². The van der Waals surface area contributed by atoms with E-state index >= 15 is 0 Å². The van der Waals surface area contributed by atoms with Crippen molar-refractivity contribution < 1.29 is 14.7 Å². The van der Waals surface area contributed by atoms with Crippen molar-refractivity contribution in [3.05, 3.63) is 28.2 Å². The summed E-state index contributed by atoms with van der Waals surface area (Å²) in [5.74, 6) is -1.79. The fourth-order valence-corrected chi connectivity index (χ4v) is 2.17. The molecule has 1 aliphatic rings. The van der Waals surface area contributed by atoms with Crippen LogP contribution in [0.5, 0.6) is 0 Å². The molecular weight excluding hydrogens is 262 g/mol. The summed E-state index contributed by atoms with van der Waals surface area (Å²) < 4.78 is 0.779. The van der Waals surface area contributed by atoms with E-state index in [1.54, 1.807) is 12.1 Å². The molecule has 0 unspecified atom stereocenters. The van der Waals surface area contributed by atoms with Crippen LogP contribution in [0.1, 0.15) is 17.9 Å². The van der Waals surface area contributed by atoms with E-state index in [9.17, 15) is 9.59 Å². The number of anilines is 1. The van der Waals surface area contributed by atoms with Gasteiger partial charge in [-0.15, -0.1) is 0 Å². The third-order valence-corrected chi connectivity index (χ3v) is 3.03. The van der Waals surface area contributed by atoms with Crippen molar-refractivity contribution in [3.63, 3.8) is 0 Å². The van der Waals surface area contributed by atoms with Gasteiger partial charge in [-0.1, -0.05) is 12.1 Å². The smallest absolute Gasteiger partial charge is 0.304 e. The molecule has 1 aromatic carbocycles. The van der Waals surface area contributed by atoms with Crippen LogP contribution in [0.15, 0.2) is 22.7 Å². The van der Waals surface area contributed by atoms with Crippen molar-refractivity contribution in [2.75, 3.05) is 5.32 Å². The minimum Gasteiger partial charge on any atom is -0.481 e. The van der Waals surface area contributed by atoms with Crippen molar-refractivity contribution >= 4 is 33.5 Å². The number of halogens is 1. The van der Waals surface area contributed by atoms with Crippen molar-refractivity contribution in [2.24, 2.45) is 0 Å². The van der Waals surface area contributed by atoms with E-state index in [2.05, 4.69) is 21.2 Å². The number of carbonyl (C=O) groups excluding carboxylic acids is 1. The molecule has 0 bridgehead atoms. The number of fused-ring (bicyclic) bond motifs is 1. The van der Waals surface area contributed by atoms with Crippen molar-refractivity contribution in [2.45, 2.75) is 12.3 Å². The molecule has 0 fully saturated rings. The Morgan fingerprint density at radius 1 is 1.53 bits per heavy atom. The molecule has 0 aliphatic carbocycles. The lowest BCUT2D eigenvalue weighted by Crippen LogP contribution is -2.15. The molecule has 1 amide bonds. The molecule has 2 N–H and O–H groups in total. The zero-order valence-electron chi connectivity index (χ0n) is 7.66. The largest absolute Gasteiger partial charge is 0.481 e. The maximum Gasteiger partial charge on any atom is 0.304 e. The molecule has 1 aliphatic heterocycles. The second kappa shape index (κ2) is 3.66. The number of hydrogen-bond acceptors (Lipinski definition) is 2. The van der Waals surface area contributed by atoms with Gasteiger partial charge < -0.3 is 10.4 Å². The number of rotatable bonds is 2. The highest BCUT2D eigenvalue weighted by atomic mass is 79.9. The number of nitrogens with one attached hydrogen (secondary N) is 1. The van der Waals surface area contributed by atoms with E-state index in [0.717, 1.165) is 10.0 Å². The predicted octanol–water partition coefficient (Wildman–Crippen LogP) is 1.96. The molecule has 5 heteroatoms. The molecule has 1 atom stereocenters. The standard InChI is InChI=1S/C10H8BrNO3/c11-7-3-1-2-5-6(4-8(13)14)10(15)12-9(5)7/h1-3,6H,4H2,(H,12,15)(H,13,14)/t6-/m1/s1. The Morgan fingerprint density at radius 3 is 2.93 bits per heavy atom. The Hall–Kier alpha value is -1.36. The molecule has 0 aromatic heterocycles. The molecule has 1 aromatic rings. The molecule has 0 saturated carbocycles. The van der Waals surface area contributed by atoms with Gasteiger partial charge in [-0.05, 0) is 27.6 Å². The van der Waals surface area contributed by atoms with E-state index in [4.69, 9.17) is 5.11 Å². The fraction of sp³-hybridized carbons (Fsp3) is 0.200. The first-order valence-electron chi connectivity index (χ1n) is 4.40. The third kappa shape index (κ3) is 1.74. The van der Waals surface area contributed by atoms with E-state index in [1.165, 1.54) is 0 Å². The van der Waals surface area contributed by atoms with Gasteiger partial charge in [0.15, 0.2) is 0 Å². The van der Waals surface area contributed by atoms with Crippen molar-refractivity contribution in [1.29, 1.82) is 0 Å². The number of carboxylic acid groups (broad SMARTS) is 1. The molecule has 2 rings (SSSR count). The first-order valence-corrected chi connectivity index (χ1v) is 5.20. The Kier molecular flexibility index (Phi) is 2.48. The minimum absolute atomic E-state index is 0.171. The third-order valence-electron chi connectivity index (χ3n) is 2.36. The first kappa shape index (κ1) is 10.2. The molecular formula is C10H8BrNO3. The lowest BCUT2D eigenvalue weighted by Gasteiger charge is -2.04. The molecule has 78 valence electrons. The average Bonchev–Trinajstić information content (AvgIpc) is 2.45. The maximum atomic E-state index is 11.5. The zero-order chi connectivity index (χ0) is 11.0. The van der Waals surface area contributed by atoms with E-state index < -0.39 is 11.9 Å². The maximum absolute atomic E-state index is 11.5. The summed E-state index contributed by atoms with van der Waals surface area (Å²) in [6, 6.07) is 5.37. The van der Waals surface area contributed by atoms with Crippen LogP contribution < -0.4 is 5.32 Å². The Labute approximate surface area is 94.4 Å². The normalized spacial score (nSPS) is 18.5. The number of hydrogen-bond donors (Lipinski definition) is 2. The average molecular weight is 270 g/mol. The van der Waals surface area contributed by atoms with Gasteiger partial charge in [0, 0.05) is 4.47 Å². The number of aliphatic carboxylic acids is 1. The number of amides is 1. The molecule has 0 saturated heterocycles. The van der Waals surface area contributed by atoms with E-state index in [0.29, 0.717) is 5.69 Å². The summed E-state index contributed by atoms with van der Waals surface area (Å²) in [6.07, 6.45) is -0.171. The zero-order valence-corrected chi connectivity index (χ0v) is 9.24. The van der Waals surface area contributed by atoms with Gasteiger partial charge in [0.1, 0.15) is 0 Å². The number of benzene rings is 1. The van der Waals surface area contributed by atoms with Gasteiger partial charge in [-0.3, -0.25) is 9.59 Å². The van der Waals surface area contributed by atoms with E-state index in [1.807, 2.05) is 6.07 Å². The number of carbonyl (C=O) groups is 2. The number of carboxylic acids is 1. The Morgan fingerprint density at radius 2 is 2.27 bits per heavy atom. The van der Waals surface area contributed by atoms with E-state index in [-0.39, 0.29) is 12.3 Å². The molecule has 15 heavy (non-hydrogen) atoms. The summed E-state index contributed by atoms with van der Waals surface area (Å²) in [4.78, 5) is 22.1. The highest BCUT2D eigenvalue weighted by molar-refractivity contribution is 9.10. The van der Waals surface area contributed by atoms with Crippen LogP contribution in [0.3, 0.4) is 0 Å². The first-order chi connectivity index (χ1) is 7.09. The van der Waals surface area contributed by atoms with Gasteiger partial charge in [-0.25, -0.2) is 0 Å². The highest BCUT2D eigenvalue weighted by Crippen LogP contribution is 2.39.